The Hall–Kier alpha value is -4.31. The summed E-state index contributed by atoms with van der Waals surface area (Å²) in [6, 6.07) is 33.2. The summed E-state index contributed by atoms with van der Waals surface area (Å²) in [7, 11) is 0. The van der Waals surface area contributed by atoms with Gasteiger partial charge < -0.3 is 4.74 Å². The summed E-state index contributed by atoms with van der Waals surface area (Å²) in [5.41, 5.74) is 5.89. The van der Waals surface area contributed by atoms with E-state index in [0.29, 0.717) is 12.2 Å². The largest absolute Gasteiger partial charge is 0.462 e. The Bertz CT molecular complexity index is 1280. The van der Waals surface area contributed by atoms with Gasteiger partial charge in [-0.25, -0.2) is 4.79 Å². The van der Waals surface area contributed by atoms with Gasteiger partial charge in [0.25, 0.3) is 0 Å². The lowest BCUT2D eigenvalue weighted by Gasteiger charge is -2.09. The number of ether oxygens (including phenoxy) is 1. The third-order valence-electron chi connectivity index (χ3n) is 4.98. The summed E-state index contributed by atoms with van der Waals surface area (Å²) in [5.74, 6) is -0.341. The van der Waals surface area contributed by atoms with Gasteiger partial charge in [0, 0.05) is 18.0 Å². The number of carbonyl (C=O) groups is 1. The van der Waals surface area contributed by atoms with Crippen LogP contribution in [0.3, 0.4) is 0 Å². The Morgan fingerprint density at radius 2 is 1.42 bits per heavy atom. The number of carbonyl (C=O) groups excluding carboxylic acids is 1. The van der Waals surface area contributed by atoms with Gasteiger partial charge in [0.05, 0.1) is 23.5 Å². The van der Waals surface area contributed by atoms with Crippen molar-refractivity contribution in [2.24, 2.45) is 9.98 Å². The maximum atomic E-state index is 12.3. The van der Waals surface area contributed by atoms with Gasteiger partial charge in [-0.3, -0.25) is 9.98 Å². The van der Waals surface area contributed by atoms with Gasteiger partial charge in [0.1, 0.15) is 0 Å². The molecule has 0 saturated carbocycles. The molecule has 4 aromatic carbocycles. The highest BCUT2D eigenvalue weighted by atomic mass is 16.5. The van der Waals surface area contributed by atoms with Crippen LogP contribution in [0.2, 0.25) is 0 Å². The van der Waals surface area contributed by atoms with Crippen LogP contribution in [-0.4, -0.2) is 25.0 Å². The number of nitrogens with zero attached hydrogens (tertiary/aromatic N) is 2. The fourth-order valence-electron chi connectivity index (χ4n) is 3.35. The van der Waals surface area contributed by atoms with Gasteiger partial charge in [-0.2, -0.15) is 0 Å². The number of hydrogen-bond acceptors (Lipinski definition) is 4. The summed E-state index contributed by atoms with van der Waals surface area (Å²) in [5, 5.41) is 0. The molecule has 0 fully saturated rings. The molecule has 0 aliphatic heterocycles. The van der Waals surface area contributed by atoms with E-state index >= 15 is 0 Å². The van der Waals surface area contributed by atoms with E-state index in [1.165, 1.54) is 0 Å². The van der Waals surface area contributed by atoms with E-state index < -0.39 is 0 Å². The quantitative estimate of drug-likeness (QED) is 0.232. The molecule has 4 heteroatoms. The first-order valence-electron chi connectivity index (χ1n) is 10.8. The molecule has 0 heterocycles. The second kappa shape index (κ2) is 10.8. The van der Waals surface area contributed by atoms with Crippen LogP contribution in [-0.2, 0) is 4.74 Å². The van der Waals surface area contributed by atoms with Crippen molar-refractivity contribution in [2.75, 3.05) is 6.61 Å². The average molecular weight is 433 g/mol. The molecule has 33 heavy (non-hydrogen) atoms. The van der Waals surface area contributed by atoms with Crippen LogP contribution in [0.15, 0.2) is 113 Å². The van der Waals surface area contributed by atoms with Crippen molar-refractivity contribution in [3.8, 4) is 11.1 Å². The van der Waals surface area contributed by atoms with Crippen molar-refractivity contribution in [1.82, 2.24) is 0 Å². The van der Waals surface area contributed by atoms with Gasteiger partial charge >= 0.3 is 5.97 Å². The predicted octanol–water partition coefficient (Wildman–Crippen LogP) is 7.03. The van der Waals surface area contributed by atoms with Gasteiger partial charge in [-0.1, -0.05) is 72.8 Å². The molecule has 0 unspecified atom stereocenters. The highest BCUT2D eigenvalue weighted by Gasteiger charge is 2.11. The molecule has 162 valence electrons. The lowest BCUT2D eigenvalue weighted by molar-refractivity contribution is 0.0526. The molecule has 0 aliphatic rings. The zero-order chi connectivity index (χ0) is 22.9. The molecule has 0 bridgehead atoms. The number of aliphatic imine (C=N–C) groups is 2. The monoisotopic (exact) mass is 432 g/mol. The SMILES string of the molecule is CCOC(=O)c1cccc(-c2cc(N=Cc3ccccc3)ccc2N=Cc2ccccc2)c1. The van der Waals surface area contributed by atoms with Crippen molar-refractivity contribution in [3.63, 3.8) is 0 Å². The molecule has 0 atom stereocenters. The van der Waals surface area contributed by atoms with Crippen LogP contribution in [0.4, 0.5) is 11.4 Å². The standard InChI is InChI=1S/C29H24N2O2/c1-2-33-29(32)25-15-9-14-24(18-25)27-19-26(30-20-22-10-5-3-6-11-22)16-17-28(27)31-21-23-12-7-4-8-13-23/h3-21H,2H2,1H3. The normalized spacial score (nSPS) is 11.2. The van der Waals surface area contributed by atoms with E-state index in [1.54, 1.807) is 13.0 Å². The second-order valence-electron chi connectivity index (χ2n) is 7.34. The zero-order valence-electron chi connectivity index (χ0n) is 18.4. The van der Waals surface area contributed by atoms with Gasteiger partial charge in [-0.15, -0.1) is 0 Å². The van der Waals surface area contributed by atoms with Crippen molar-refractivity contribution in [1.29, 1.82) is 0 Å². The van der Waals surface area contributed by atoms with Crippen molar-refractivity contribution in [2.45, 2.75) is 6.92 Å². The Labute approximate surface area is 193 Å². The van der Waals surface area contributed by atoms with E-state index in [-0.39, 0.29) is 5.97 Å². The van der Waals surface area contributed by atoms with E-state index in [1.807, 2.05) is 109 Å². The van der Waals surface area contributed by atoms with Crippen molar-refractivity contribution in [3.05, 3.63) is 120 Å². The molecule has 4 nitrogen and oxygen atoms in total. The summed E-state index contributed by atoms with van der Waals surface area (Å²) in [6.45, 7) is 2.13. The van der Waals surface area contributed by atoms with E-state index in [2.05, 4.69) is 4.99 Å². The molecule has 0 saturated heterocycles. The summed E-state index contributed by atoms with van der Waals surface area (Å²) in [4.78, 5) is 21.6. The van der Waals surface area contributed by atoms with Gasteiger partial charge in [-0.05, 0) is 53.9 Å². The number of benzene rings is 4. The first-order valence-corrected chi connectivity index (χ1v) is 10.8. The predicted molar refractivity (Wildman–Crippen MR) is 135 cm³/mol. The fourth-order valence-corrected chi connectivity index (χ4v) is 3.35. The number of rotatable bonds is 7. The van der Waals surface area contributed by atoms with Crippen LogP contribution in [0.5, 0.6) is 0 Å². The van der Waals surface area contributed by atoms with Crippen LogP contribution in [0.25, 0.3) is 11.1 Å². The minimum Gasteiger partial charge on any atom is -0.462 e. The fraction of sp³-hybridized carbons (Fsp3) is 0.0690. The van der Waals surface area contributed by atoms with Crippen LogP contribution < -0.4 is 0 Å². The molecule has 4 rings (SSSR count). The summed E-state index contributed by atoms with van der Waals surface area (Å²) >= 11 is 0. The number of esters is 1. The summed E-state index contributed by atoms with van der Waals surface area (Å²) < 4.78 is 5.17. The van der Waals surface area contributed by atoms with Crippen LogP contribution in [0.1, 0.15) is 28.4 Å². The van der Waals surface area contributed by atoms with Crippen LogP contribution in [0, 0.1) is 0 Å². The first kappa shape index (κ1) is 21.9. The Morgan fingerprint density at radius 1 is 0.758 bits per heavy atom. The lowest BCUT2D eigenvalue weighted by Crippen LogP contribution is -2.04. The maximum Gasteiger partial charge on any atom is 0.338 e. The lowest BCUT2D eigenvalue weighted by atomic mass is 10.0. The Balaban J connectivity index is 1.74. The maximum absolute atomic E-state index is 12.3. The Kier molecular flexibility index (Phi) is 7.18. The highest BCUT2D eigenvalue weighted by Crippen LogP contribution is 2.34. The van der Waals surface area contributed by atoms with Crippen LogP contribution >= 0.6 is 0 Å². The van der Waals surface area contributed by atoms with Crippen molar-refractivity contribution >= 4 is 29.8 Å². The third kappa shape index (κ3) is 5.89. The molecule has 0 amide bonds. The van der Waals surface area contributed by atoms with Crippen molar-refractivity contribution < 1.29 is 9.53 Å². The average Bonchev–Trinajstić information content (AvgIpc) is 2.88. The minimum atomic E-state index is -0.341. The molecular weight excluding hydrogens is 408 g/mol. The van der Waals surface area contributed by atoms with E-state index in [4.69, 9.17) is 9.73 Å². The molecular formula is C29H24N2O2. The highest BCUT2D eigenvalue weighted by molar-refractivity contribution is 5.93. The third-order valence-corrected chi connectivity index (χ3v) is 4.98. The molecule has 4 aromatic rings. The Morgan fingerprint density at radius 3 is 2.09 bits per heavy atom. The second-order valence-corrected chi connectivity index (χ2v) is 7.34. The summed E-state index contributed by atoms with van der Waals surface area (Å²) in [6.07, 6.45) is 3.67. The molecule has 0 aromatic heterocycles. The number of hydrogen-bond donors (Lipinski definition) is 0. The topological polar surface area (TPSA) is 51.0 Å². The molecule has 0 N–H and O–H groups in total. The first-order chi connectivity index (χ1) is 16.2. The minimum absolute atomic E-state index is 0.333. The van der Waals surface area contributed by atoms with E-state index in [9.17, 15) is 4.79 Å². The molecule has 0 aliphatic carbocycles. The molecule has 0 radical (unpaired) electrons. The van der Waals surface area contributed by atoms with Gasteiger partial charge in [0.2, 0.25) is 0 Å². The zero-order valence-corrected chi connectivity index (χ0v) is 18.4. The van der Waals surface area contributed by atoms with E-state index in [0.717, 1.165) is 33.6 Å². The smallest absolute Gasteiger partial charge is 0.338 e. The van der Waals surface area contributed by atoms with Gasteiger partial charge in [0.15, 0.2) is 0 Å². The molecule has 0 spiro atoms.